The Labute approximate surface area is 141 Å². The number of amides is 1. The number of aliphatic hydroxyl groups excluding tert-OH is 1. The third-order valence-electron chi connectivity index (χ3n) is 4.79. The second kappa shape index (κ2) is 8.34. The Kier molecular flexibility index (Phi) is 6.72. The van der Waals surface area contributed by atoms with Gasteiger partial charge in [-0.3, -0.25) is 4.90 Å². The maximum atomic E-state index is 12.2. The summed E-state index contributed by atoms with van der Waals surface area (Å²) >= 11 is 0. The molecule has 0 aromatic carbocycles. The number of carbonyl (C=O) groups is 1. The van der Waals surface area contributed by atoms with E-state index >= 15 is 0 Å². The van der Waals surface area contributed by atoms with Gasteiger partial charge in [-0.2, -0.15) is 0 Å². The monoisotopic (exact) mass is 326 g/mol. The van der Waals surface area contributed by atoms with Gasteiger partial charge in [0.2, 0.25) is 0 Å². The van der Waals surface area contributed by atoms with Crippen LogP contribution in [0.15, 0.2) is 0 Å². The van der Waals surface area contributed by atoms with Crippen molar-refractivity contribution < 1.29 is 14.6 Å². The first-order chi connectivity index (χ1) is 10.8. The minimum Gasteiger partial charge on any atom is -0.444 e. The molecule has 1 amide bonds. The number of hydrogen-bond acceptors (Lipinski definition) is 4. The molecule has 2 fully saturated rings. The predicted molar refractivity (Wildman–Crippen MR) is 91.4 cm³/mol. The minimum absolute atomic E-state index is 0.217. The van der Waals surface area contributed by atoms with Crippen LogP contribution in [0.25, 0.3) is 0 Å². The van der Waals surface area contributed by atoms with Crippen molar-refractivity contribution in [2.75, 3.05) is 32.7 Å². The van der Waals surface area contributed by atoms with Gasteiger partial charge in [-0.1, -0.05) is 25.7 Å². The van der Waals surface area contributed by atoms with Gasteiger partial charge in [0, 0.05) is 26.2 Å². The number of ether oxygens (including phenoxy) is 1. The van der Waals surface area contributed by atoms with Gasteiger partial charge >= 0.3 is 6.09 Å². The maximum Gasteiger partial charge on any atom is 0.410 e. The van der Waals surface area contributed by atoms with E-state index in [1.165, 1.54) is 25.7 Å². The summed E-state index contributed by atoms with van der Waals surface area (Å²) in [7, 11) is 0. The third-order valence-corrected chi connectivity index (χ3v) is 4.79. The zero-order valence-corrected chi connectivity index (χ0v) is 15.1. The van der Waals surface area contributed by atoms with Gasteiger partial charge in [0.1, 0.15) is 5.60 Å². The largest absolute Gasteiger partial charge is 0.444 e. The van der Waals surface area contributed by atoms with Gasteiger partial charge < -0.3 is 14.7 Å². The molecule has 5 nitrogen and oxygen atoms in total. The van der Waals surface area contributed by atoms with Crippen LogP contribution in [0.1, 0.15) is 59.3 Å². The van der Waals surface area contributed by atoms with E-state index in [1.54, 1.807) is 4.90 Å². The lowest BCUT2D eigenvalue weighted by Gasteiger charge is -2.27. The average Bonchev–Trinajstić information content (AvgIpc) is 2.81. The first kappa shape index (κ1) is 18.5. The molecule has 1 unspecified atom stereocenters. The predicted octanol–water partition coefficient (Wildman–Crippen LogP) is 2.87. The van der Waals surface area contributed by atoms with Crippen LogP contribution in [0.3, 0.4) is 0 Å². The topological polar surface area (TPSA) is 53.0 Å². The standard InChI is InChI=1S/C18H34N2O3/c1-18(2,3)23-17(22)20-10-6-9-19(11-12-20)14-16(21)13-15-7-4-5-8-15/h15-16,21H,4-14H2,1-3H3. The molecule has 0 radical (unpaired) electrons. The lowest BCUT2D eigenvalue weighted by atomic mass is 10.00. The highest BCUT2D eigenvalue weighted by atomic mass is 16.6. The number of nitrogens with zero attached hydrogens (tertiary/aromatic N) is 2. The molecule has 0 aromatic heterocycles. The summed E-state index contributed by atoms with van der Waals surface area (Å²) in [6, 6.07) is 0. The third kappa shape index (κ3) is 6.68. The van der Waals surface area contributed by atoms with E-state index < -0.39 is 5.60 Å². The van der Waals surface area contributed by atoms with Crippen molar-refractivity contribution in [2.45, 2.75) is 71.0 Å². The molecule has 2 aliphatic rings. The Morgan fingerprint density at radius 3 is 2.48 bits per heavy atom. The van der Waals surface area contributed by atoms with Crippen LogP contribution in [0.4, 0.5) is 4.79 Å². The van der Waals surface area contributed by atoms with E-state index in [-0.39, 0.29) is 12.2 Å². The first-order valence-electron chi connectivity index (χ1n) is 9.22. The SMILES string of the molecule is CC(C)(C)OC(=O)N1CCCN(CC(O)CC2CCCC2)CC1. The Morgan fingerprint density at radius 1 is 1.13 bits per heavy atom. The highest BCUT2D eigenvalue weighted by molar-refractivity contribution is 5.68. The van der Waals surface area contributed by atoms with E-state index in [0.717, 1.165) is 44.9 Å². The molecule has 5 heteroatoms. The van der Waals surface area contributed by atoms with E-state index in [9.17, 15) is 9.90 Å². The summed E-state index contributed by atoms with van der Waals surface area (Å²) < 4.78 is 5.46. The molecule has 1 N–H and O–H groups in total. The summed E-state index contributed by atoms with van der Waals surface area (Å²) in [5.41, 5.74) is -0.444. The van der Waals surface area contributed by atoms with Crippen molar-refractivity contribution in [1.29, 1.82) is 0 Å². The van der Waals surface area contributed by atoms with Crippen LogP contribution < -0.4 is 0 Å². The highest BCUT2D eigenvalue weighted by Crippen LogP contribution is 2.28. The van der Waals surface area contributed by atoms with Crippen molar-refractivity contribution in [3.05, 3.63) is 0 Å². The molecular weight excluding hydrogens is 292 g/mol. The van der Waals surface area contributed by atoms with Crippen LogP contribution in [0.5, 0.6) is 0 Å². The van der Waals surface area contributed by atoms with E-state index in [0.29, 0.717) is 6.54 Å². The molecule has 0 bridgehead atoms. The average molecular weight is 326 g/mol. The van der Waals surface area contributed by atoms with Crippen LogP contribution in [-0.4, -0.2) is 65.4 Å². The summed E-state index contributed by atoms with van der Waals surface area (Å²) in [4.78, 5) is 16.3. The van der Waals surface area contributed by atoms with Gasteiger partial charge in [-0.15, -0.1) is 0 Å². The molecule has 0 spiro atoms. The number of β-amino-alcohol motifs (C(OH)–C–C–N with tert-alkyl or cyclic N) is 1. The number of aliphatic hydroxyl groups is 1. The van der Waals surface area contributed by atoms with Crippen LogP contribution in [0.2, 0.25) is 0 Å². The van der Waals surface area contributed by atoms with E-state index in [4.69, 9.17) is 4.74 Å². The normalized spacial score (nSPS) is 22.9. The Balaban J connectivity index is 1.73. The second-order valence-corrected chi connectivity index (χ2v) is 8.16. The first-order valence-corrected chi connectivity index (χ1v) is 9.22. The molecule has 1 aliphatic carbocycles. The zero-order valence-electron chi connectivity index (χ0n) is 15.1. The van der Waals surface area contributed by atoms with E-state index in [1.807, 2.05) is 20.8 Å². The Morgan fingerprint density at radius 2 is 1.83 bits per heavy atom. The van der Waals surface area contributed by atoms with Gasteiger partial charge in [0.05, 0.1) is 6.10 Å². The second-order valence-electron chi connectivity index (χ2n) is 8.16. The molecule has 2 rings (SSSR count). The van der Waals surface area contributed by atoms with Gasteiger partial charge in [0.25, 0.3) is 0 Å². The smallest absolute Gasteiger partial charge is 0.410 e. The summed E-state index contributed by atoms with van der Waals surface area (Å²) in [6.07, 6.45) is 6.64. The molecule has 0 aromatic rings. The number of rotatable bonds is 4. The Hall–Kier alpha value is -0.810. The molecule has 134 valence electrons. The van der Waals surface area contributed by atoms with Crippen molar-refractivity contribution in [2.24, 2.45) is 5.92 Å². The van der Waals surface area contributed by atoms with Gasteiger partial charge in [0.15, 0.2) is 0 Å². The van der Waals surface area contributed by atoms with Crippen molar-refractivity contribution in [3.8, 4) is 0 Å². The molecule has 1 heterocycles. The van der Waals surface area contributed by atoms with Crippen molar-refractivity contribution in [3.63, 3.8) is 0 Å². The fourth-order valence-corrected chi connectivity index (χ4v) is 3.67. The van der Waals surface area contributed by atoms with E-state index in [2.05, 4.69) is 4.90 Å². The minimum atomic E-state index is -0.444. The quantitative estimate of drug-likeness (QED) is 0.863. The highest BCUT2D eigenvalue weighted by Gasteiger charge is 2.26. The van der Waals surface area contributed by atoms with Crippen molar-refractivity contribution in [1.82, 2.24) is 9.80 Å². The van der Waals surface area contributed by atoms with Gasteiger partial charge in [-0.25, -0.2) is 4.79 Å². The summed E-state index contributed by atoms with van der Waals surface area (Å²) in [5.74, 6) is 0.718. The molecule has 1 saturated carbocycles. The fraction of sp³-hybridized carbons (Fsp3) is 0.944. The summed E-state index contributed by atoms with van der Waals surface area (Å²) in [6.45, 7) is 9.62. The van der Waals surface area contributed by atoms with Crippen LogP contribution in [-0.2, 0) is 4.74 Å². The molecule has 1 saturated heterocycles. The molecular formula is C18H34N2O3. The lowest BCUT2D eigenvalue weighted by molar-refractivity contribution is 0.0254. The maximum absolute atomic E-state index is 12.2. The summed E-state index contributed by atoms with van der Waals surface area (Å²) in [5, 5.41) is 10.3. The van der Waals surface area contributed by atoms with Crippen LogP contribution in [0, 0.1) is 5.92 Å². The Bertz CT molecular complexity index is 375. The molecule has 23 heavy (non-hydrogen) atoms. The fourth-order valence-electron chi connectivity index (χ4n) is 3.67. The molecule has 1 aliphatic heterocycles. The lowest BCUT2D eigenvalue weighted by Crippen LogP contribution is -2.40. The number of hydrogen-bond donors (Lipinski definition) is 1. The zero-order chi connectivity index (χ0) is 16.9. The number of carbonyl (C=O) groups excluding carboxylic acids is 1. The van der Waals surface area contributed by atoms with Crippen LogP contribution >= 0.6 is 0 Å². The molecule has 1 atom stereocenters. The van der Waals surface area contributed by atoms with Crippen molar-refractivity contribution >= 4 is 6.09 Å². The van der Waals surface area contributed by atoms with Gasteiger partial charge in [-0.05, 0) is 46.1 Å².